The molecule has 0 spiro atoms. The van der Waals surface area contributed by atoms with E-state index in [9.17, 15) is 14.4 Å². The van der Waals surface area contributed by atoms with Gasteiger partial charge in [0.05, 0.1) is 40.0 Å². The number of nitrogens with zero attached hydrogens (tertiary/aromatic N) is 6. The number of aromatic nitrogens is 5. The summed E-state index contributed by atoms with van der Waals surface area (Å²) in [6.07, 6.45) is 2.42. The summed E-state index contributed by atoms with van der Waals surface area (Å²) in [6, 6.07) is 6.08. The Morgan fingerprint density at radius 3 is 2.73 bits per heavy atom. The number of pyridine rings is 1. The van der Waals surface area contributed by atoms with Crippen molar-refractivity contribution >= 4 is 40.1 Å². The normalized spacial score (nSPS) is 11.8. The fourth-order valence-corrected chi connectivity index (χ4v) is 3.68. The summed E-state index contributed by atoms with van der Waals surface area (Å²) < 4.78 is 15.6. The molecule has 4 aromatic rings. The van der Waals surface area contributed by atoms with Crippen LogP contribution in [0.25, 0.3) is 16.6 Å². The molecule has 0 bridgehead atoms. The monoisotopic (exact) mass is 465 g/mol. The first-order valence-electron chi connectivity index (χ1n) is 9.64. The number of anilines is 3. The minimum absolute atomic E-state index is 0.0163. The van der Waals surface area contributed by atoms with Crippen LogP contribution in [0, 0.1) is 24.1 Å². The number of nitrogens with two attached hydrogens (primary N) is 2. The van der Waals surface area contributed by atoms with Crippen molar-refractivity contribution in [2.45, 2.75) is 19.9 Å². The van der Waals surface area contributed by atoms with Crippen molar-refractivity contribution in [2.24, 2.45) is 0 Å². The molecular weight excluding hydrogens is 449 g/mol. The van der Waals surface area contributed by atoms with E-state index in [0.717, 1.165) is 6.20 Å². The molecule has 33 heavy (non-hydrogen) atoms. The molecule has 3 heterocycles. The highest BCUT2D eigenvalue weighted by molar-refractivity contribution is 6.35. The first-order chi connectivity index (χ1) is 15.7. The lowest BCUT2D eigenvalue weighted by atomic mass is 10.1. The van der Waals surface area contributed by atoms with Crippen LogP contribution in [-0.2, 0) is 0 Å². The Labute approximate surface area is 191 Å². The average molecular weight is 466 g/mol. The SMILES string of the molecule is Cc1c(F)cncc1-n1c(C(C)Nc2nc(N)nc(N)c2C#N)nc2cccc(Cl)c2c1=O. The predicted octanol–water partition coefficient (Wildman–Crippen LogP) is 2.88. The summed E-state index contributed by atoms with van der Waals surface area (Å²) in [6.45, 7) is 3.21. The molecule has 4 rings (SSSR count). The third-order valence-electron chi connectivity index (χ3n) is 5.05. The quantitative estimate of drug-likeness (QED) is 0.411. The Bertz CT molecular complexity index is 1510. The highest BCUT2D eigenvalue weighted by Crippen LogP contribution is 2.27. The van der Waals surface area contributed by atoms with Crippen molar-refractivity contribution in [3.8, 4) is 11.8 Å². The first-order valence-corrected chi connectivity index (χ1v) is 10.0. The van der Waals surface area contributed by atoms with E-state index in [1.165, 1.54) is 17.7 Å². The standard InChI is InChI=1S/C21H17ClFN9O/c1-9-13(23)7-27-8-15(9)32-19(29-14-5-3-4-12(22)16(14)20(32)33)10(2)28-18-11(6-24)17(25)30-21(26)31-18/h3-5,7-8,10H,1-2H3,(H5,25,26,28,30,31). The fourth-order valence-electron chi connectivity index (χ4n) is 3.43. The Morgan fingerprint density at radius 2 is 2.00 bits per heavy atom. The second kappa shape index (κ2) is 8.33. The Hall–Kier alpha value is -4.30. The highest BCUT2D eigenvalue weighted by Gasteiger charge is 2.23. The lowest BCUT2D eigenvalue weighted by Crippen LogP contribution is -2.28. The smallest absolute Gasteiger partial charge is 0.267 e. The summed E-state index contributed by atoms with van der Waals surface area (Å²) in [7, 11) is 0. The molecule has 1 atom stereocenters. The van der Waals surface area contributed by atoms with Gasteiger partial charge in [-0.3, -0.25) is 14.3 Å². The molecule has 3 aromatic heterocycles. The van der Waals surface area contributed by atoms with Crippen molar-refractivity contribution in [2.75, 3.05) is 16.8 Å². The third-order valence-corrected chi connectivity index (χ3v) is 5.36. The van der Waals surface area contributed by atoms with E-state index in [1.54, 1.807) is 25.1 Å². The van der Waals surface area contributed by atoms with Crippen LogP contribution >= 0.6 is 11.6 Å². The largest absolute Gasteiger partial charge is 0.382 e. The average Bonchev–Trinajstić information content (AvgIpc) is 2.75. The zero-order chi connectivity index (χ0) is 23.9. The summed E-state index contributed by atoms with van der Waals surface area (Å²) in [4.78, 5) is 29.9. The van der Waals surface area contributed by atoms with E-state index in [2.05, 4.69) is 25.3 Å². The summed E-state index contributed by atoms with van der Waals surface area (Å²) >= 11 is 6.29. The second-order valence-electron chi connectivity index (χ2n) is 7.18. The summed E-state index contributed by atoms with van der Waals surface area (Å²) in [5.74, 6) is -0.558. The summed E-state index contributed by atoms with van der Waals surface area (Å²) in [5, 5.41) is 12.8. The minimum Gasteiger partial charge on any atom is -0.382 e. The number of halogens is 2. The van der Waals surface area contributed by atoms with Gasteiger partial charge in [-0.2, -0.15) is 15.2 Å². The molecule has 0 saturated heterocycles. The van der Waals surface area contributed by atoms with Crippen molar-refractivity contribution in [3.63, 3.8) is 0 Å². The predicted molar refractivity (Wildman–Crippen MR) is 122 cm³/mol. The van der Waals surface area contributed by atoms with Gasteiger partial charge in [-0.1, -0.05) is 17.7 Å². The fraction of sp³-hybridized carbons (Fsp3) is 0.143. The van der Waals surface area contributed by atoms with E-state index in [0.29, 0.717) is 5.52 Å². The Kier molecular flexibility index (Phi) is 5.53. The van der Waals surface area contributed by atoms with Crippen LogP contribution < -0.4 is 22.3 Å². The molecule has 0 saturated carbocycles. The molecule has 0 aliphatic carbocycles. The number of nitrogens with one attached hydrogen (secondary N) is 1. The second-order valence-corrected chi connectivity index (χ2v) is 7.59. The van der Waals surface area contributed by atoms with Crippen LogP contribution in [-0.4, -0.2) is 24.5 Å². The van der Waals surface area contributed by atoms with Gasteiger partial charge >= 0.3 is 0 Å². The van der Waals surface area contributed by atoms with Crippen molar-refractivity contribution < 1.29 is 4.39 Å². The number of rotatable bonds is 4. The molecule has 0 fully saturated rings. The minimum atomic E-state index is -0.718. The molecule has 0 aliphatic heterocycles. The maximum atomic E-state index is 14.3. The van der Waals surface area contributed by atoms with E-state index in [-0.39, 0.29) is 50.6 Å². The molecule has 12 heteroatoms. The third kappa shape index (κ3) is 3.77. The van der Waals surface area contributed by atoms with E-state index < -0.39 is 17.4 Å². The number of benzene rings is 1. The Balaban J connectivity index is 1.99. The van der Waals surface area contributed by atoms with E-state index >= 15 is 0 Å². The molecule has 0 radical (unpaired) electrons. The summed E-state index contributed by atoms with van der Waals surface area (Å²) in [5.41, 5.74) is 11.7. The van der Waals surface area contributed by atoms with Gasteiger partial charge in [0.1, 0.15) is 29.1 Å². The lowest BCUT2D eigenvalue weighted by molar-refractivity contribution is 0.607. The molecule has 10 nitrogen and oxygen atoms in total. The number of hydrogen-bond acceptors (Lipinski definition) is 9. The van der Waals surface area contributed by atoms with Gasteiger partial charge in [-0.25, -0.2) is 9.37 Å². The number of nitriles is 1. The molecule has 1 unspecified atom stereocenters. The van der Waals surface area contributed by atoms with Crippen LogP contribution in [0.1, 0.15) is 29.9 Å². The van der Waals surface area contributed by atoms with Gasteiger partial charge in [-0.15, -0.1) is 0 Å². The molecule has 0 amide bonds. The highest BCUT2D eigenvalue weighted by atomic mass is 35.5. The van der Waals surface area contributed by atoms with Gasteiger partial charge in [0.2, 0.25) is 5.95 Å². The molecule has 0 aliphatic rings. The van der Waals surface area contributed by atoms with E-state index in [1.807, 2.05) is 6.07 Å². The van der Waals surface area contributed by atoms with Crippen LogP contribution in [0.5, 0.6) is 0 Å². The van der Waals surface area contributed by atoms with Crippen LogP contribution in [0.2, 0.25) is 5.02 Å². The van der Waals surface area contributed by atoms with Gasteiger partial charge < -0.3 is 16.8 Å². The van der Waals surface area contributed by atoms with Crippen molar-refractivity contribution in [1.82, 2.24) is 24.5 Å². The van der Waals surface area contributed by atoms with Gasteiger partial charge in [0.25, 0.3) is 5.56 Å². The molecular formula is C21H17ClFN9O. The van der Waals surface area contributed by atoms with Crippen LogP contribution in [0.3, 0.4) is 0 Å². The van der Waals surface area contributed by atoms with Gasteiger partial charge in [-0.05, 0) is 26.0 Å². The Morgan fingerprint density at radius 1 is 1.24 bits per heavy atom. The van der Waals surface area contributed by atoms with Crippen LogP contribution in [0.15, 0.2) is 35.4 Å². The first kappa shape index (κ1) is 21.9. The van der Waals surface area contributed by atoms with E-state index in [4.69, 9.17) is 23.1 Å². The number of fused-ring (bicyclic) bond motifs is 1. The maximum Gasteiger partial charge on any atom is 0.267 e. The topological polar surface area (TPSA) is 161 Å². The lowest BCUT2D eigenvalue weighted by Gasteiger charge is -2.21. The molecule has 166 valence electrons. The zero-order valence-electron chi connectivity index (χ0n) is 17.5. The van der Waals surface area contributed by atoms with Crippen molar-refractivity contribution in [1.29, 1.82) is 5.26 Å². The van der Waals surface area contributed by atoms with Crippen molar-refractivity contribution in [3.05, 3.63) is 68.7 Å². The molecule has 5 N–H and O–H groups in total. The number of hydrogen-bond donors (Lipinski definition) is 3. The zero-order valence-corrected chi connectivity index (χ0v) is 18.2. The van der Waals surface area contributed by atoms with Crippen LogP contribution in [0.4, 0.5) is 22.0 Å². The van der Waals surface area contributed by atoms with Gasteiger partial charge in [0, 0.05) is 5.56 Å². The molecule has 1 aromatic carbocycles. The maximum absolute atomic E-state index is 14.3. The number of nitrogen functional groups attached to an aromatic ring is 2. The van der Waals surface area contributed by atoms with Gasteiger partial charge in [0.15, 0.2) is 5.82 Å².